The summed E-state index contributed by atoms with van der Waals surface area (Å²) >= 11 is 6.21. The van der Waals surface area contributed by atoms with Crippen molar-refractivity contribution < 1.29 is 24.9 Å². The van der Waals surface area contributed by atoms with Crippen molar-refractivity contribution in [2.24, 2.45) is 17.6 Å². The molecule has 0 saturated heterocycles. The summed E-state index contributed by atoms with van der Waals surface area (Å²) < 4.78 is 0. The maximum atomic E-state index is 13.4. The van der Waals surface area contributed by atoms with Crippen LogP contribution in [0, 0.1) is 11.8 Å². The molecule has 0 saturated carbocycles. The molecule has 3 aliphatic rings. The van der Waals surface area contributed by atoms with Crippen molar-refractivity contribution in [3.63, 3.8) is 0 Å². The summed E-state index contributed by atoms with van der Waals surface area (Å²) in [4.78, 5) is 31.2. The summed E-state index contributed by atoms with van der Waals surface area (Å²) in [5, 5.41) is 31.4. The maximum absolute atomic E-state index is 13.4. The third kappa shape index (κ3) is 2.83. The van der Waals surface area contributed by atoms with Gasteiger partial charge in [-0.05, 0) is 0 Å². The molecule has 162 valence electrons. The quantitative estimate of drug-likeness (QED) is 0.287. The second-order valence-corrected chi connectivity index (χ2v) is 9.77. The summed E-state index contributed by atoms with van der Waals surface area (Å²) in [7, 11) is 9.98. The van der Waals surface area contributed by atoms with Crippen LogP contribution in [0.1, 0.15) is 22.3 Å². The van der Waals surface area contributed by atoms with Crippen LogP contribution < -0.4 is 5.73 Å². The van der Waals surface area contributed by atoms with Crippen molar-refractivity contribution in [1.82, 2.24) is 9.88 Å². The zero-order valence-corrected chi connectivity index (χ0v) is 18.9. The number of primary amides is 1. The summed E-state index contributed by atoms with van der Waals surface area (Å²) in [6.07, 6.45) is 1.78. The van der Waals surface area contributed by atoms with Crippen molar-refractivity contribution in [2.75, 3.05) is 14.1 Å². The number of carbonyl (C=O) groups excluding carboxylic acids is 2. The number of allylic oxidation sites excluding steroid dienone is 2. The van der Waals surface area contributed by atoms with Gasteiger partial charge < -0.3 is 0 Å². The molecular weight excluding hydrogens is 439 g/mol. The third-order valence-corrected chi connectivity index (χ3v) is 8.10. The van der Waals surface area contributed by atoms with E-state index in [1.54, 1.807) is 19.0 Å². The van der Waals surface area contributed by atoms with Crippen LogP contribution >= 0.6 is 20.8 Å². The Balaban J connectivity index is 1.98. The number of rotatable bonds is 2. The van der Waals surface area contributed by atoms with Crippen molar-refractivity contribution in [3.05, 3.63) is 45.1 Å². The minimum absolute atomic E-state index is 0.0175. The van der Waals surface area contributed by atoms with Crippen molar-refractivity contribution in [2.45, 2.75) is 24.0 Å². The van der Waals surface area contributed by atoms with Crippen LogP contribution in [0.25, 0.3) is 0 Å². The Morgan fingerprint density at radius 1 is 1.39 bits per heavy atom. The van der Waals surface area contributed by atoms with Crippen LogP contribution in [0.4, 0.5) is 0 Å². The summed E-state index contributed by atoms with van der Waals surface area (Å²) in [6, 6.07) is -0.650. The van der Waals surface area contributed by atoms with Gasteiger partial charge in [0.2, 0.25) is 0 Å². The predicted octanol–water partition coefficient (Wildman–Crippen LogP) is 0.556. The molecule has 1 aromatic heterocycles. The zero-order valence-electron chi connectivity index (χ0n) is 17.0. The molecule has 3 aliphatic carbocycles. The number of ketones is 1. The van der Waals surface area contributed by atoms with Gasteiger partial charge in [-0.25, -0.2) is 0 Å². The molecule has 1 heterocycles. The first-order chi connectivity index (χ1) is 14.4. The van der Waals surface area contributed by atoms with Gasteiger partial charge >= 0.3 is 187 Å². The number of aromatic nitrogens is 1. The van der Waals surface area contributed by atoms with Crippen LogP contribution in [-0.4, -0.2) is 75.1 Å². The number of aliphatic hydroxyl groups excluding tert-OH is 2. The molecule has 5 atom stereocenters. The van der Waals surface area contributed by atoms with Gasteiger partial charge in [0, 0.05) is 0 Å². The monoisotopic (exact) mass is 461 g/mol. The van der Waals surface area contributed by atoms with Crippen molar-refractivity contribution >= 4 is 45.5 Å². The molecule has 11 heteroatoms. The molecule has 0 fully saturated rings. The molecule has 4 rings (SSSR count). The Morgan fingerprint density at radius 3 is 2.61 bits per heavy atom. The Bertz CT molecular complexity index is 1130. The van der Waals surface area contributed by atoms with Gasteiger partial charge in [0.25, 0.3) is 0 Å². The topological polar surface area (TPSA) is 137 Å². The normalized spacial score (nSPS) is 30.3. The number of hydrogen-bond acceptors (Lipinski definition) is 7. The summed E-state index contributed by atoms with van der Waals surface area (Å²) in [5.41, 5.74) is 6.09. The number of aromatic hydroxyl groups is 1. The van der Waals surface area contributed by atoms with E-state index in [9.17, 15) is 24.9 Å². The summed E-state index contributed by atoms with van der Waals surface area (Å²) in [5.74, 6) is -3.04. The van der Waals surface area contributed by atoms with E-state index in [2.05, 4.69) is 21.7 Å². The van der Waals surface area contributed by atoms with Crippen LogP contribution in [-0.2, 0) is 11.2 Å². The first kappa shape index (κ1) is 22.0. The molecular formula is C20H22BClN3O5P. The average Bonchev–Trinajstić information content (AvgIpc) is 2.67. The van der Waals surface area contributed by atoms with Gasteiger partial charge in [0.15, 0.2) is 0 Å². The van der Waals surface area contributed by atoms with Gasteiger partial charge in [0.1, 0.15) is 0 Å². The van der Waals surface area contributed by atoms with E-state index < -0.39 is 34.7 Å². The van der Waals surface area contributed by atoms with Crippen LogP contribution in [0.15, 0.2) is 28.9 Å². The number of halogens is 1. The first-order valence-electron chi connectivity index (χ1n) is 9.65. The Kier molecular flexibility index (Phi) is 5.08. The fourth-order valence-corrected chi connectivity index (χ4v) is 6.18. The molecule has 0 bridgehead atoms. The van der Waals surface area contributed by atoms with Crippen LogP contribution in [0.5, 0.6) is 5.75 Å². The Morgan fingerprint density at radius 2 is 2.03 bits per heavy atom. The van der Waals surface area contributed by atoms with Gasteiger partial charge in [-0.2, -0.15) is 0 Å². The van der Waals surface area contributed by atoms with Gasteiger partial charge in [-0.1, -0.05) is 0 Å². The van der Waals surface area contributed by atoms with Crippen molar-refractivity contribution in [3.8, 4) is 5.75 Å². The minimum atomic E-state index is -1.29. The number of pyridine rings is 1. The first-order valence-corrected chi connectivity index (χ1v) is 10.6. The number of nitrogens with two attached hydrogens (primary N) is 1. The fraction of sp³-hybridized carbons (Fsp3) is 0.400. The van der Waals surface area contributed by atoms with E-state index in [4.69, 9.17) is 17.3 Å². The molecule has 31 heavy (non-hydrogen) atoms. The molecule has 8 nitrogen and oxygen atoms in total. The van der Waals surface area contributed by atoms with Crippen molar-refractivity contribution in [1.29, 1.82) is 0 Å². The fourth-order valence-electron chi connectivity index (χ4n) is 5.34. The van der Waals surface area contributed by atoms with E-state index in [0.29, 0.717) is 12.0 Å². The SMILES string of the molecule is B=C1C(C(N)=O)=C(O)[C@@H](N(C)C)[C@@H]2C[C@@H]3Cc4c(Cl)ncc(O)c4C(=O)C3=C(O)[C@]12P. The number of Topliss-reactive ketones (excluding diaryl/α,β-unsaturated/α-hetero) is 1. The summed E-state index contributed by atoms with van der Waals surface area (Å²) in [6.45, 7) is 0. The molecule has 5 N–H and O–H groups in total. The van der Waals surface area contributed by atoms with Gasteiger partial charge in [-0.15, -0.1) is 0 Å². The van der Waals surface area contributed by atoms with Crippen LogP contribution in [0.3, 0.4) is 0 Å². The van der Waals surface area contributed by atoms with E-state index >= 15 is 0 Å². The number of aliphatic hydroxyl groups is 2. The van der Waals surface area contributed by atoms with E-state index in [1.807, 2.05) is 0 Å². The van der Waals surface area contributed by atoms with Gasteiger partial charge in [-0.3, -0.25) is 0 Å². The standard InChI is InChI=1S/C20H22BClN3O5P/c1-25(2)13-8-4-6-3-7-11(9(26)5-24-18(7)22)14(27)10(6)17(29)20(8,31)16(21)12(15(13)28)19(23)30/h5-6,8,13,21,26,28-29H,3-4,31H2,1-2H3,(H2,23,30)/t6-,8-,13-,20+/m0/s1. The molecule has 1 amide bonds. The Hall–Kier alpha value is -2.22. The predicted molar refractivity (Wildman–Crippen MR) is 121 cm³/mol. The molecule has 0 spiro atoms. The third-order valence-electron chi connectivity index (χ3n) is 6.73. The molecule has 0 aliphatic heterocycles. The number of likely N-dealkylation sites (N-methyl/N-ethyl adjacent to an activating group) is 1. The molecule has 0 radical (unpaired) electrons. The average molecular weight is 462 g/mol. The molecule has 1 unspecified atom stereocenters. The number of carbonyl (C=O) groups is 2. The molecule has 1 aromatic rings. The van der Waals surface area contributed by atoms with E-state index in [1.165, 1.54) is 0 Å². The second kappa shape index (κ2) is 7.15. The van der Waals surface area contributed by atoms with E-state index in [0.717, 1.165) is 6.20 Å². The number of nitrogens with zero attached hydrogens (tertiary/aromatic N) is 2. The van der Waals surface area contributed by atoms with E-state index in [-0.39, 0.29) is 51.0 Å². The van der Waals surface area contributed by atoms with Crippen LogP contribution in [0.2, 0.25) is 5.15 Å². The Labute approximate surface area is 187 Å². The number of hydrogen-bond donors (Lipinski definition) is 4. The zero-order chi connectivity index (χ0) is 23.0. The second-order valence-electron chi connectivity index (χ2n) is 8.50. The number of fused-ring (bicyclic) bond motifs is 3. The van der Waals surface area contributed by atoms with Gasteiger partial charge in [0.05, 0.1) is 0 Å². The number of amides is 1. The molecule has 0 aromatic carbocycles.